The lowest BCUT2D eigenvalue weighted by molar-refractivity contribution is -0.123. The molecule has 12 heteroatoms. The highest BCUT2D eigenvalue weighted by Gasteiger charge is 2.35. The van der Waals surface area contributed by atoms with Crippen molar-refractivity contribution in [2.75, 3.05) is 13.7 Å². The number of hydrogen-bond acceptors (Lipinski definition) is 7. The molecule has 198 valence electrons. The van der Waals surface area contributed by atoms with Crippen LogP contribution >= 0.6 is 43.5 Å². The number of rotatable bonds is 9. The van der Waals surface area contributed by atoms with Gasteiger partial charge in [0.25, 0.3) is 5.91 Å². The number of benzene rings is 2. The first-order valence-electron chi connectivity index (χ1n) is 11.2. The lowest BCUT2D eigenvalue weighted by Gasteiger charge is -2.16. The number of nitrogens with zero attached hydrogens (tertiary/aromatic N) is 1. The van der Waals surface area contributed by atoms with Gasteiger partial charge in [-0.2, -0.15) is 0 Å². The van der Waals surface area contributed by atoms with E-state index < -0.39 is 17.9 Å². The fourth-order valence-corrected chi connectivity index (χ4v) is 4.47. The van der Waals surface area contributed by atoms with Crippen molar-refractivity contribution >= 4 is 67.4 Å². The average Bonchev–Trinajstić information content (AvgIpc) is 3.48. The minimum atomic E-state index is -0.662. The van der Waals surface area contributed by atoms with Crippen molar-refractivity contribution in [1.82, 2.24) is 10.2 Å². The van der Waals surface area contributed by atoms with Crippen LogP contribution in [0.3, 0.4) is 0 Å². The molecular formula is C26H21Br2ClN2O7. The number of urea groups is 1. The van der Waals surface area contributed by atoms with E-state index in [4.69, 9.17) is 25.5 Å². The molecule has 4 rings (SSSR count). The second-order valence-corrected chi connectivity index (χ2v) is 9.99. The van der Waals surface area contributed by atoms with Crippen LogP contribution < -0.4 is 14.8 Å². The Balaban J connectivity index is 1.57. The van der Waals surface area contributed by atoms with Crippen LogP contribution in [0.4, 0.5) is 4.79 Å². The van der Waals surface area contributed by atoms with Crippen molar-refractivity contribution in [2.24, 2.45) is 0 Å². The number of methoxy groups -OCH3 is 1. The summed E-state index contributed by atoms with van der Waals surface area (Å²) >= 11 is 13.5. The quantitative estimate of drug-likeness (QED) is 0.162. The lowest BCUT2D eigenvalue weighted by atomic mass is 10.1. The van der Waals surface area contributed by atoms with E-state index in [1.807, 2.05) is 31.2 Å². The zero-order valence-electron chi connectivity index (χ0n) is 20.2. The van der Waals surface area contributed by atoms with Gasteiger partial charge in [0.1, 0.15) is 23.1 Å². The largest absolute Gasteiger partial charge is 0.490 e. The van der Waals surface area contributed by atoms with Crippen LogP contribution in [-0.2, 0) is 22.7 Å². The monoisotopic (exact) mass is 666 g/mol. The Morgan fingerprint density at radius 2 is 1.87 bits per heavy atom. The number of imide groups is 1. The van der Waals surface area contributed by atoms with E-state index in [0.29, 0.717) is 28.1 Å². The maximum atomic E-state index is 13.0. The predicted octanol–water partition coefficient (Wildman–Crippen LogP) is 6.32. The first-order chi connectivity index (χ1) is 18.2. The number of hydrogen-bond donors (Lipinski definition) is 1. The van der Waals surface area contributed by atoms with E-state index in [2.05, 4.69) is 41.9 Å². The van der Waals surface area contributed by atoms with Crippen LogP contribution in [-0.4, -0.2) is 36.5 Å². The summed E-state index contributed by atoms with van der Waals surface area (Å²) in [6, 6.07) is 11.6. The zero-order chi connectivity index (χ0) is 27.4. The molecule has 1 N–H and O–H groups in total. The van der Waals surface area contributed by atoms with Gasteiger partial charge in [0.2, 0.25) is 5.76 Å². The topological polar surface area (TPSA) is 107 Å². The molecule has 1 aliphatic rings. The fraction of sp³-hybridized carbons (Fsp3) is 0.192. The van der Waals surface area contributed by atoms with E-state index >= 15 is 0 Å². The van der Waals surface area contributed by atoms with Gasteiger partial charge in [-0.15, -0.1) is 0 Å². The van der Waals surface area contributed by atoms with Gasteiger partial charge in [-0.05, 0) is 70.4 Å². The summed E-state index contributed by atoms with van der Waals surface area (Å²) in [5, 5.41) is 2.80. The summed E-state index contributed by atoms with van der Waals surface area (Å²) in [4.78, 5) is 38.1. The number of carbonyl (C=O) groups is 3. The molecule has 0 saturated carbocycles. The molecular weight excluding hydrogens is 648 g/mol. The number of esters is 1. The summed E-state index contributed by atoms with van der Waals surface area (Å²) in [5.74, 6) is -0.315. The first kappa shape index (κ1) is 27.7. The van der Waals surface area contributed by atoms with Gasteiger partial charge in [-0.25, -0.2) is 9.59 Å². The summed E-state index contributed by atoms with van der Waals surface area (Å²) in [6.45, 7) is 2.26. The van der Waals surface area contributed by atoms with Crippen LogP contribution in [0.2, 0.25) is 5.02 Å². The van der Waals surface area contributed by atoms with Crippen molar-refractivity contribution in [3.63, 3.8) is 0 Å². The van der Waals surface area contributed by atoms with Crippen molar-refractivity contribution in [3.8, 4) is 11.5 Å². The molecule has 1 fully saturated rings. The molecule has 0 spiro atoms. The van der Waals surface area contributed by atoms with Gasteiger partial charge >= 0.3 is 12.0 Å². The molecule has 0 radical (unpaired) electrons. The molecule has 9 nitrogen and oxygen atoms in total. The highest BCUT2D eigenvalue weighted by Crippen LogP contribution is 2.44. The lowest BCUT2D eigenvalue weighted by Crippen LogP contribution is -2.30. The molecule has 0 aliphatic carbocycles. The van der Waals surface area contributed by atoms with Gasteiger partial charge in [0.05, 0.1) is 20.3 Å². The molecule has 2 heterocycles. The average molecular weight is 669 g/mol. The van der Waals surface area contributed by atoms with Gasteiger partial charge in [-0.3, -0.25) is 9.69 Å². The van der Waals surface area contributed by atoms with Crippen LogP contribution in [0.15, 0.2) is 61.5 Å². The Bertz CT molecular complexity index is 1420. The third-order valence-corrected chi connectivity index (χ3v) is 7.35. The molecule has 1 saturated heterocycles. The summed E-state index contributed by atoms with van der Waals surface area (Å²) < 4.78 is 23.1. The number of ether oxygens (including phenoxy) is 3. The van der Waals surface area contributed by atoms with Gasteiger partial charge in [-0.1, -0.05) is 39.7 Å². The van der Waals surface area contributed by atoms with E-state index in [1.165, 1.54) is 25.3 Å². The molecule has 0 bridgehead atoms. The Morgan fingerprint density at radius 3 is 2.55 bits per heavy atom. The van der Waals surface area contributed by atoms with Crippen molar-refractivity contribution in [2.45, 2.75) is 20.1 Å². The van der Waals surface area contributed by atoms with Crippen LogP contribution in [0.25, 0.3) is 6.08 Å². The maximum absolute atomic E-state index is 13.0. The number of carbonyl (C=O) groups excluding carboxylic acids is 3. The highest BCUT2D eigenvalue weighted by atomic mass is 79.9. The van der Waals surface area contributed by atoms with Crippen LogP contribution in [0.5, 0.6) is 11.5 Å². The van der Waals surface area contributed by atoms with Gasteiger partial charge < -0.3 is 23.9 Å². The molecule has 2 aromatic carbocycles. The Hall–Kier alpha value is -3.28. The first-order valence-corrected chi connectivity index (χ1v) is 13.2. The van der Waals surface area contributed by atoms with Crippen molar-refractivity contribution < 1.29 is 33.0 Å². The molecule has 0 unspecified atom stereocenters. The molecule has 1 aliphatic heterocycles. The molecule has 3 amide bonds. The second kappa shape index (κ2) is 12.1. The number of furan rings is 1. The number of amides is 3. The second-order valence-electron chi connectivity index (χ2n) is 7.91. The summed E-state index contributed by atoms with van der Waals surface area (Å²) in [7, 11) is 1.22. The van der Waals surface area contributed by atoms with Crippen LogP contribution in [0, 0.1) is 0 Å². The molecule has 3 aromatic rings. The highest BCUT2D eigenvalue weighted by molar-refractivity contribution is 9.10. The van der Waals surface area contributed by atoms with Gasteiger partial charge in [0.15, 0.2) is 11.5 Å². The molecule has 38 heavy (non-hydrogen) atoms. The number of halogens is 3. The Labute approximate surface area is 239 Å². The SMILES string of the molecule is CCOc1cc(/C=C2\NC(=O)N(Cc3ccc(C(=O)OC)o3)C2=O)c(Br)c(Cl)c1OCc1ccc(Br)cc1. The third kappa shape index (κ3) is 6.06. The third-order valence-electron chi connectivity index (χ3n) is 5.38. The minimum absolute atomic E-state index is 0.0255. The maximum Gasteiger partial charge on any atom is 0.373 e. The number of nitrogens with one attached hydrogen (secondary N) is 1. The smallest absolute Gasteiger partial charge is 0.373 e. The molecule has 1 aromatic heterocycles. The van der Waals surface area contributed by atoms with E-state index in [-0.39, 0.29) is 35.4 Å². The van der Waals surface area contributed by atoms with Gasteiger partial charge in [0, 0.05) is 8.95 Å². The predicted molar refractivity (Wildman–Crippen MR) is 146 cm³/mol. The standard InChI is InChI=1S/C26H21Br2ClN2O7/c1-3-36-20-11-15(21(28)22(29)23(20)37-13-14-4-6-16(27)7-5-14)10-18-24(32)31(26(34)30-18)12-17-8-9-19(38-17)25(33)35-2/h4-11H,3,12-13H2,1-2H3,(H,30,34)/b18-10-. The van der Waals surface area contributed by atoms with E-state index in [9.17, 15) is 14.4 Å². The summed E-state index contributed by atoms with van der Waals surface area (Å²) in [5.41, 5.74) is 1.45. The summed E-state index contributed by atoms with van der Waals surface area (Å²) in [6.07, 6.45) is 1.49. The minimum Gasteiger partial charge on any atom is -0.490 e. The molecule has 0 atom stereocenters. The van der Waals surface area contributed by atoms with Crippen molar-refractivity contribution in [3.05, 3.63) is 84.8 Å². The zero-order valence-corrected chi connectivity index (χ0v) is 24.1. The fourth-order valence-electron chi connectivity index (χ4n) is 3.54. The van der Waals surface area contributed by atoms with E-state index in [1.54, 1.807) is 6.07 Å². The van der Waals surface area contributed by atoms with Crippen LogP contribution in [0.1, 0.15) is 34.4 Å². The Kier molecular flexibility index (Phi) is 8.80. The van der Waals surface area contributed by atoms with E-state index in [0.717, 1.165) is 14.9 Å². The van der Waals surface area contributed by atoms with Crippen molar-refractivity contribution in [1.29, 1.82) is 0 Å². The Morgan fingerprint density at radius 1 is 1.13 bits per heavy atom. The normalized spacial score (nSPS) is 14.1.